The number of aromatic nitrogens is 1. The molecule has 0 saturated carbocycles. The summed E-state index contributed by atoms with van der Waals surface area (Å²) in [6, 6.07) is 6.27. The Balaban J connectivity index is 2.27. The average Bonchev–Trinajstić information content (AvgIpc) is 2.74. The van der Waals surface area contributed by atoms with Crippen LogP contribution in [0.4, 0.5) is 10.1 Å². The summed E-state index contributed by atoms with van der Waals surface area (Å²) < 4.78 is 13.1. The van der Waals surface area contributed by atoms with Crippen LogP contribution >= 0.6 is 11.3 Å². The second-order valence-electron chi connectivity index (χ2n) is 3.99. The van der Waals surface area contributed by atoms with Crippen molar-refractivity contribution in [3.63, 3.8) is 0 Å². The van der Waals surface area contributed by atoms with Gasteiger partial charge in [-0.25, -0.2) is 9.37 Å². The lowest BCUT2D eigenvalue weighted by molar-refractivity contribution is 0.627. The molecule has 0 unspecified atom stereocenters. The van der Waals surface area contributed by atoms with Gasteiger partial charge in [-0.3, -0.25) is 0 Å². The molecule has 0 saturated heterocycles. The number of thiazole rings is 1. The number of nitrogens with zero attached hydrogens (tertiary/aromatic N) is 3. The Morgan fingerprint density at radius 1 is 1.50 bits per heavy atom. The fraction of sp³-hybridized carbons (Fsp3) is 0.231. The fourth-order valence-electron chi connectivity index (χ4n) is 1.71. The molecule has 0 radical (unpaired) electrons. The van der Waals surface area contributed by atoms with E-state index >= 15 is 0 Å². The highest BCUT2D eigenvalue weighted by molar-refractivity contribution is 7.09. The second-order valence-corrected chi connectivity index (χ2v) is 4.93. The van der Waals surface area contributed by atoms with Crippen molar-refractivity contribution in [2.45, 2.75) is 13.5 Å². The molecule has 0 amide bonds. The zero-order valence-corrected chi connectivity index (χ0v) is 11.0. The van der Waals surface area contributed by atoms with Crippen molar-refractivity contribution in [3.8, 4) is 6.07 Å². The van der Waals surface area contributed by atoms with Gasteiger partial charge in [0.25, 0.3) is 0 Å². The zero-order valence-electron chi connectivity index (χ0n) is 10.1. The topological polar surface area (TPSA) is 39.9 Å². The summed E-state index contributed by atoms with van der Waals surface area (Å²) in [4.78, 5) is 7.26. The highest BCUT2D eigenvalue weighted by atomic mass is 32.1. The predicted octanol–water partition coefficient (Wildman–Crippen LogP) is 3.10. The zero-order chi connectivity index (χ0) is 13.1. The van der Waals surface area contributed by atoms with E-state index in [9.17, 15) is 4.39 Å². The minimum absolute atomic E-state index is 0.347. The first-order chi connectivity index (χ1) is 8.61. The van der Waals surface area contributed by atoms with Crippen molar-refractivity contribution in [3.05, 3.63) is 45.7 Å². The van der Waals surface area contributed by atoms with Crippen LogP contribution in [-0.2, 0) is 6.54 Å². The number of hydrogen-bond donors (Lipinski definition) is 0. The summed E-state index contributed by atoms with van der Waals surface area (Å²) in [6.45, 7) is 2.62. The summed E-state index contributed by atoms with van der Waals surface area (Å²) in [6.07, 6.45) is 0. The number of aryl methyl sites for hydroxylation is 1. The minimum atomic E-state index is -0.391. The van der Waals surface area contributed by atoms with Gasteiger partial charge in [-0.1, -0.05) is 0 Å². The number of rotatable bonds is 3. The molecule has 2 rings (SSSR count). The normalized spacial score (nSPS) is 10.1. The molecule has 0 spiro atoms. The van der Waals surface area contributed by atoms with Gasteiger partial charge in [0.15, 0.2) is 0 Å². The lowest BCUT2D eigenvalue weighted by Crippen LogP contribution is -2.17. The Labute approximate surface area is 109 Å². The van der Waals surface area contributed by atoms with Crippen LogP contribution in [0.25, 0.3) is 0 Å². The van der Waals surface area contributed by atoms with E-state index in [1.165, 1.54) is 12.1 Å². The number of halogens is 1. The molecule has 0 aliphatic carbocycles. The molecule has 3 nitrogen and oxygen atoms in total. The molecule has 0 aliphatic rings. The van der Waals surface area contributed by atoms with Gasteiger partial charge in [0.1, 0.15) is 11.9 Å². The second kappa shape index (κ2) is 5.15. The Morgan fingerprint density at radius 2 is 2.28 bits per heavy atom. The summed E-state index contributed by atoms with van der Waals surface area (Å²) in [5.41, 5.74) is 3.87. The first-order valence-corrected chi connectivity index (χ1v) is 6.29. The number of nitriles is 1. The van der Waals surface area contributed by atoms with Gasteiger partial charge in [-0.2, -0.15) is 5.26 Å². The third-order valence-corrected chi connectivity index (χ3v) is 3.64. The first kappa shape index (κ1) is 12.5. The molecule has 5 heteroatoms. The van der Waals surface area contributed by atoms with Crippen LogP contribution in [0, 0.1) is 24.1 Å². The molecule has 0 N–H and O–H groups in total. The van der Waals surface area contributed by atoms with Crippen molar-refractivity contribution in [2.75, 3.05) is 11.9 Å². The molecule has 0 aliphatic heterocycles. The van der Waals surface area contributed by atoms with Gasteiger partial charge in [-0.15, -0.1) is 11.3 Å². The molecule has 2 aromatic rings. The van der Waals surface area contributed by atoms with Gasteiger partial charge >= 0.3 is 0 Å². The van der Waals surface area contributed by atoms with Crippen LogP contribution in [0.1, 0.15) is 16.1 Å². The monoisotopic (exact) mass is 261 g/mol. The summed E-state index contributed by atoms with van der Waals surface area (Å²) >= 11 is 1.58. The van der Waals surface area contributed by atoms with Crippen LogP contribution in [0.2, 0.25) is 0 Å². The van der Waals surface area contributed by atoms with E-state index in [2.05, 4.69) is 4.98 Å². The Kier molecular flexibility index (Phi) is 3.58. The third kappa shape index (κ3) is 2.49. The maximum absolute atomic E-state index is 13.1. The predicted molar refractivity (Wildman–Crippen MR) is 70.1 cm³/mol. The van der Waals surface area contributed by atoms with E-state index in [0.717, 1.165) is 16.3 Å². The van der Waals surface area contributed by atoms with Crippen molar-refractivity contribution >= 4 is 17.0 Å². The molecule has 1 heterocycles. The van der Waals surface area contributed by atoms with Gasteiger partial charge in [-0.05, 0) is 25.1 Å². The molecule has 0 fully saturated rings. The lowest BCUT2D eigenvalue weighted by Gasteiger charge is -2.19. The summed E-state index contributed by atoms with van der Waals surface area (Å²) in [7, 11) is 1.88. The van der Waals surface area contributed by atoms with Crippen molar-refractivity contribution in [1.29, 1.82) is 5.26 Å². The molecule has 1 aromatic carbocycles. The van der Waals surface area contributed by atoms with Gasteiger partial charge in [0, 0.05) is 11.9 Å². The maximum atomic E-state index is 13.1. The van der Waals surface area contributed by atoms with E-state index in [1.54, 1.807) is 22.9 Å². The van der Waals surface area contributed by atoms with Crippen LogP contribution in [-0.4, -0.2) is 12.0 Å². The number of benzene rings is 1. The lowest BCUT2D eigenvalue weighted by atomic mass is 10.1. The van der Waals surface area contributed by atoms with Gasteiger partial charge < -0.3 is 4.90 Å². The van der Waals surface area contributed by atoms with Crippen molar-refractivity contribution in [2.24, 2.45) is 0 Å². The molecule has 92 valence electrons. The van der Waals surface area contributed by atoms with E-state index in [4.69, 9.17) is 5.26 Å². The van der Waals surface area contributed by atoms with Crippen LogP contribution in [0.15, 0.2) is 23.7 Å². The fourth-order valence-corrected chi connectivity index (χ4v) is 2.54. The highest BCUT2D eigenvalue weighted by Crippen LogP contribution is 2.23. The van der Waals surface area contributed by atoms with Crippen LogP contribution < -0.4 is 4.90 Å². The Morgan fingerprint density at radius 3 is 2.89 bits per heavy atom. The van der Waals surface area contributed by atoms with Crippen LogP contribution in [0.3, 0.4) is 0 Å². The standard InChI is InChI=1S/C13H12FN3S/c1-9-13(18-8-16-9)7-17(2)12-4-3-11(14)5-10(12)6-15/h3-5,8H,7H2,1-2H3. The van der Waals surface area contributed by atoms with E-state index < -0.39 is 5.82 Å². The smallest absolute Gasteiger partial charge is 0.124 e. The largest absolute Gasteiger partial charge is 0.368 e. The molecular formula is C13H12FN3S. The van der Waals surface area contributed by atoms with Gasteiger partial charge in [0.05, 0.1) is 29.0 Å². The first-order valence-electron chi connectivity index (χ1n) is 5.41. The van der Waals surface area contributed by atoms with Crippen LogP contribution in [0.5, 0.6) is 0 Å². The minimum Gasteiger partial charge on any atom is -0.368 e. The quantitative estimate of drug-likeness (QED) is 0.852. The average molecular weight is 261 g/mol. The third-order valence-electron chi connectivity index (χ3n) is 2.72. The van der Waals surface area contributed by atoms with E-state index in [-0.39, 0.29) is 0 Å². The molecule has 0 atom stereocenters. The molecule has 18 heavy (non-hydrogen) atoms. The summed E-state index contributed by atoms with van der Waals surface area (Å²) in [5, 5.41) is 9.02. The molecule has 1 aromatic heterocycles. The Hall–Kier alpha value is -1.93. The van der Waals surface area contributed by atoms with Crippen molar-refractivity contribution < 1.29 is 4.39 Å². The summed E-state index contributed by atoms with van der Waals surface area (Å²) in [5.74, 6) is -0.391. The molecule has 0 bridgehead atoms. The van der Waals surface area contributed by atoms with Crippen molar-refractivity contribution in [1.82, 2.24) is 4.98 Å². The SMILES string of the molecule is Cc1ncsc1CN(C)c1ccc(F)cc1C#N. The number of hydrogen-bond acceptors (Lipinski definition) is 4. The number of anilines is 1. The van der Waals surface area contributed by atoms with E-state index in [0.29, 0.717) is 12.1 Å². The highest BCUT2D eigenvalue weighted by Gasteiger charge is 2.11. The van der Waals surface area contributed by atoms with E-state index in [1.807, 2.05) is 24.9 Å². The van der Waals surface area contributed by atoms with Gasteiger partial charge in [0.2, 0.25) is 0 Å². The Bertz CT molecular complexity index is 601. The molecular weight excluding hydrogens is 249 g/mol. The maximum Gasteiger partial charge on any atom is 0.124 e.